The SMILES string of the molecule is CCOC(=O)[C@@H](Cc1c[nH]c2ccccc12)NC(=O)/C=C\N(CCCl)CCCl. The summed E-state index contributed by atoms with van der Waals surface area (Å²) < 4.78 is 5.14. The Labute approximate surface area is 174 Å². The predicted molar refractivity (Wildman–Crippen MR) is 113 cm³/mol. The smallest absolute Gasteiger partial charge is 0.328 e. The number of hydrogen-bond donors (Lipinski definition) is 2. The van der Waals surface area contributed by atoms with Crippen molar-refractivity contribution < 1.29 is 14.3 Å². The van der Waals surface area contributed by atoms with Gasteiger partial charge in [0.05, 0.1) is 6.61 Å². The number of H-pyrrole nitrogens is 1. The first-order chi connectivity index (χ1) is 13.6. The van der Waals surface area contributed by atoms with Crippen LogP contribution in [-0.2, 0) is 20.7 Å². The number of hydrogen-bond acceptors (Lipinski definition) is 4. The lowest BCUT2D eigenvalue weighted by molar-refractivity contribution is -0.146. The average molecular weight is 426 g/mol. The third-order valence-corrected chi connectivity index (χ3v) is 4.50. The Morgan fingerprint density at radius 3 is 2.64 bits per heavy atom. The van der Waals surface area contributed by atoms with E-state index in [1.54, 1.807) is 13.1 Å². The maximum atomic E-state index is 12.4. The Balaban J connectivity index is 2.10. The zero-order valence-corrected chi connectivity index (χ0v) is 17.3. The van der Waals surface area contributed by atoms with Gasteiger partial charge in [-0.05, 0) is 18.6 Å². The molecule has 0 aliphatic carbocycles. The Bertz CT molecular complexity index is 801. The Morgan fingerprint density at radius 2 is 1.96 bits per heavy atom. The lowest BCUT2D eigenvalue weighted by atomic mass is 10.0. The van der Waals surface area contributed by atoms with Crippen molar-refractivity contribution in [2.75, 3.05) is 31.5 Å². The number of benzene rings is 1. The molecule has 0 aliphatic heterocycles. The summed E-state index contributed by atoms with van der Waals surface area (Å²) in [5.74, 6) is 0.00364. The van der Waals surface area contributed by atoms with Crippen molar-refractivity contribution in [2.45, 2.75) is 19.4 Å². The van der Waals surface area contributed by atoms with E-state index in [-0.39, 0.29) is 12.5 Å². The summed E-state index contributed by atoms with van der Waals surface area (Å²) in [6, 6.07) is 7.02. The molecule has 0 radical (unpaired) electrons. The molecule has 0 saturated carbocycles. The largest absolute Gasteiger partial charge is 0.464 e. The Morgan fingerprint density at radius 1 is 1.25 bits per heavy atom. The summed E-state index contributed by atoms with van der Waals surface area (Å²) in [6.45, 7) is 3.14. The van der Waals surface area contributed by atoms with Crippen molar-refractivity contribution in [3.8, 4) is 0 Å². The zero-order chi connectivity index (χ0) is 20.4. The molecule has 1 heterocycles. The molecule has 6 nitrogen and oxygen atoms in total. The van der Waals surface area contributed by atoms with Crippen LogP contribution in [0.5, 0.6) is 0 Å². The van der Waals surface area contributed by atoms with Crippen molar-refractivity contribution in [1.82, 2.24) is 15.2 Å². The number of aromatic nitrogens is 1. The summed E-state index contributed by atoms with van der Waals surface area (Å²) >= 11 is 11.5. The number of halogens is 2. The van der Waals surface area contributed by atoms with Gasteiger partial charge in [0, 0.05) is 60.6 Å². The molecule has 0 unspecified atom stereocenters. The van der Waals surface area contributed by atoms with Gasteiger partial charge < -0.3 is 19.9 Å². The van der Waals surface area contributed by atoms with Crippen LogP contribution in [-0.4, -0.2) is 59.3 Å². The maximum Gasteiger partial charge on any atom is 0.328 e. The first-order valence-corrected chi connectivity index (χ1v) is 10.2. The van der Waals surface area contributed by atoms with Gasteiger partial charge in [-0.3, -0.25) is 4.79 Å². The van der Waals surface area contributed by atoms with Gasteiger partial charge in [-0.15, -0.1) is 23.2 Å². The third kappa shape index (κ3) is 6.46. The van der Waals surface area contributed by atoms with E-state index < -0.39 is 12.0 Å². The molecule has 0 bridgehead atoms. The van der Waals surface area contributed by atoms with Crippen LogP contribution in [0.1, 0.15) is 12.5 Å². The first-order valence-electron chi connectivity index (χ1n) is 9.15. The van der Waals surface area contributed by atoms with Gasteiger partial charge in [-0.25, -0.2) is 4.79 Å². The van der Waals surface area contributed by atoms with Crippen molar-refractivity contribution >= 4 is 46.0 Å². The number of rotatable bonds is 11. The molecule has 8 heteroatoms. The predicted octanol–water partition coefficient (Wildman–Crippen LogP) is 3.05. The second kappa shape index (κ2) is 11.6. The van der Waals surface area contributed by atoms with E-state index in [1.165, 1.54) is 6.08 Å². The highest BCUT2D eigenvalue weighted by Crippen LogP contribution is 2.19. The second-order valence-electron chi connectivity index (χ2n) is 6.11. The summed E-state index contributed by atoms with van der Waals surface area (Å²) in [4.78, 5) is 29.7. The van der Waals surface area contributed by atoms with E-state index >= 15 is 0 Å². The van der Waals surface area contributed by atoms with Crippen molar-refractivity contribution in [1.29, 1.82) is 0 Å². The highest BCUT2D eigenvalue weighted by molar-refractivity contribution is 6.18. The van der Waals surface area contributed by atoms with Crippen molar-refractivity contribution in [2.24, 2.45) is 0 Å². The quantitative estimate of drug-likeness (QED) is 0.329. The summed E-state index contributed by atoms with van der Waals surface area (Å²) in [5, 5.41) is 3.75. The van der Waals surface area contributed by atoms with Crippen LogP contribution in [0.3, 0.4) is 0 Å². The Hall–Kier alpha value is -2.18. The molecule has 0 saturated heterocycles. The van der Waals surface area contributed by atoms with Gasteiger partial charge in [-0.1, -0.05) is 18.2 Å². The minimum atomic E-state index is -0.786. The molecular formula is C20H25Cl2N3O3. The molecule has 2 N–H and O–H groups in total. The molecule has 1 atom stereocenters. The lowest BCUT2D eigenvalue weighted by Crippen LogP contribution is -2.42. The van der Waals surface area contributed by atoms with E-state index in [9.17, 15) is 9.59 Å². The third-order valence-electron chi connectivity index (χ3n) is 4.17. The molecule has 0 aliphatic rings. The number of carbonyl (C=O) groups excluding carboxylic acids is 2. The van der Waals surface area contributed by atoms with E-state index in [4.69, 9.17) is 27.9 Å². The summed E-state index contributed by atoms with van der Waals surface area (Å²) in [6.07, 6.45) is 5.19. The van der Waals surface area contributed by atoms with Gasteiger partial charge in [0.25, 0.3) is 0 Å². The van der Waals surface area contributed by atoms with E-state index in [1.807, 2.05) is 35.4 Å². The lowest BCUT2D eigenvalue weighted by Gasteiger charge is -2.18. The van der Waals surface area contributed by atoms with Crippen LogP contribution in [0.2, 0.25) is 0 Å². The number of amides is 1. The fraction of sp³-hybridized carbons (Fsp3) is 0.400. The van der Waals surface area contributed by atoms with Gasteiger partial charge in [0.15, 0.2) is 0 Å². The van der Waals surface area contributed by atoms with E-state index in [0.717, 1.165) is 16.5 Å². The first kappa shape index (κ1) is 22.1. The highest BCUT2D eigenvalue weighted by Gasteiger charge is 2.23. The number of nitrogens with one attached hydrogen (secondary N) is 2. The fourth-order valence-corrected chi connectivity index (χ4v) is 3.26. The number of nitrogens with zero attached hydrogens (tertiary/aromatic N) is 1. The summed E-state index contributed by atoms with van der Waals surface area (Å²) in [7, 11) is 0. The molecule has 2 rings (SSSR count). The second-order valence-corrected chi connectivity index (χ2v) is 6.86. The number of carbonyl (C=O) groups is 2. The molecule has 1 aromatic carbocycles. The Kier molecular flexibility index (Phi) is 9.17. The van der Waals surface area contributed by atoms with Gasteiger partial charge in [-0.2, -0.15) is 0 Å². The van der Waals surface area contributed by atoms with E-state index in [0.29, 0.717) is 31.3 Å². The number of para-hydroxylation sites is 1. The van der Waals surface area contributed by atoms with Crippen LogP contribution in [0, 0.1) is 0 Å². The van der Waals surface area contributed by atoms with Crippen molar-refractivity contribution in [3.63, 3.8) is 0 Å². The molecule has 2 aromatic rings. The van der Waals surface area contributed by atoms with Crippen LogP contribution in [0.25, 0.3) is 10.9 Å². The topological polar surface area (TPSA) is 74.4 Å². The average Bonchev–Trinajstić information content (AvgIpc) is 3.09. The summed E-state index contributed by atoms with van der Waals surface area (Å²) in [5.41, 5.74) is 1.91. The van der Waals surface area contributed by atoms with Crippen LogP contribution in [0.4, 0.5) is 0 Å². The van der Waals surface area contributed by atoms with E-state index in [2.05, 4.69) is 10.3 Å². The number of alkyl halides is 2. The molecule has 0 fully saturated rings. The van der Waals surface area contributed by atoms with Crippen LogP contribution >= 0.6 is 23.2 Å². The zero-order valence-electron chi connectivity index (χ0n) is 15.8. The normalized spacial score (nSPS) is 12.2. The standard InChI is InChI=1S/C20H25Cl2N3O3/c1-2-28-20(27)18(13-15-14-23-17-6-4-3-5-16(15)17)24-19(26)7-10-25(11-8-21)12-9-22/h3-7,10,14,18,23H,2,8-9,11-13H2,1H3,(H,24,26)/b10-7-/t18-/m1/s1. The number of aromatic amines is 1. The molecule has 28 heavy (non-hydrogen) atoms. The fourth-order valence-electron chi connectivity index (χ4n) is 2.83. The molecular weight excluding hydrogens is 401 g/mol. The molecule has 1 aromatic heterocycles. The van der Waals surface area contributed by atoms with Gasteiger partial charge in [0.1, 0.15) is 6.04 Å². The maximum absolute atomic E-state index is 12.4. The van der Waals surface area contributed by atoms with Crippen LogP contribution in [0.15, 0.2) is 42.7 Å². The minimum Gasteiger partial charge on any atom is -0.464 e. The number of fused-ring (bicyclic) bond motifs is 1. The highest BCUT2D eigenvalue weighted by atomic mass is 35.5. The number of ether oxygens (including phenoxy) is 1. The monoisotopic (exact) mass is 425 g/mol. The van der Waals surface area contributed by atoms with Gasteiger partial charge in [0.2, 0.25) is 5.91 Å². The molecule has 0 spiro atoms. The molecule has 1 amide bonds. The minimum absolute atomic E-state index is 0.244. The van der Waals surface area contributed by atoms with Crippen molar-refractivity contribution in [3.05, 3.63) is 48.3 Å². The molecule has 152 valence electrons. The van der Waals surface area contributed by atoms with Gasteiger partial charge >= 0.3 is 5.97 Å². The van der Waals surface area contributed by atoms with Crippen LogP contribution < -0.4 is 5.32 Å². The number of esters is 1.